The van der Waals surface area contributed by atoms with Crippen LogP contribution in [0.1, 0.15) is 32.4 Å². The summed E-state index contributed by atoms with van der Waals surface area (Å²) in [6, 6.07) is 26.4. The Morgan fingerprint density at radius 2 is 1.15 bits per heavy atom. The molecule has 0 amide bonds. The Hall–Kier alpha value is -2.91. The van der Waals surface area contributed by atoms with Crippen molar-refractivity contribution in [2.75, 3.05) is 0 Å². The molecule has 130 valence electrons. The first-order valence-electron chi connectivity index (χ1n) is 8.21. The second-order valence-corrected chi connectivity index (χ2v) is 6.20. The molecule has 0 radical (unpaired) electrons. The average molecular weight is 365 g/mol. The molecule has 26 heavy (non-hydrogen) atoms. The van der Waals surface area contributed by atoms with E-state index in [-0.39, 0.29) is 5.78 Å². The number of hydrogen-bond acceptors (Lipinski definition) is 3. The highest BCUT2D eigenvalue weighted by Crippen LogP contribution is 2.29. The van der Waals surface area contributed by atoms with Crippen molar-refractivity contribution < 1.29 is 14.3 Å². The van der Waals surface area contributed by atoms with Crippen LogP contribution in [-0.2, 0) is 4.74 Å². The highest BCUT2D eigenvalue weighted by molar-refractivity contribution is 6.34. The molecule has 0 heterocycles. The summed E-state index contributed by atoms with van der Waals surface area (Å²) >= 11 is 6.47. The molecule has 2 unspecified atom stereocenters. The zero-order valence-electron chi connectivity index (χ0n) is 13.9. The maximum absolute atomic E-state index is 12.8. The second-order valence-electron chi connectivity index (χ2n) is 5.73. The zero-order valence-corrected chi connectivity index (χ0v) is 14.7. The first-order valence-corrected chi connectivity index (χ1v) is 8.65. The zero-order chi connectivity index (χ0) is 18.4. The summed E-state index contributed by atoms with van der Waals surface area (Å²) in [4.78, 5) is 25.3. The second kappa shape index (κ2) is 8.45. The van der Waals surface area contributed by atoms with Crippen molar-refractivity contribution in [2.45, 2.75) is 11.5 Å². The number of hydrogen-bond donors (Lipinski definition) is 0. The van der Waals surface area contributed by atoms with Crippen LogP contribution >= 0.6 is 11.6 Å². The number of rotatable bonds is 6. The van der Waals surface area contributed by atoms with E-state index in [2.05, 4.69) is 0 Å². The lowest BCUT2D eigenvalue weighted by molar-refractivity contribution is 0.0288. The van der Waals surface area contributed by atoms with E-state index in [4.69, 9.17) is 16.3 Å². The minimum absolute atomic E-state index is 0.290. The lowest BCUT2D eigenvalue weighted by atomic mass is 9.99. The van der Waals surface area contributed by atoms with Gasteiger partial charge in [0.25, 0.3) is 0 Å². The van der Waals surface area contributed by atoms with Gasteiger partial charge in [-0.15, -0.1) is 11.6 Å². The van der Waals surface area contributed by atoms with E-state index >= 15 is 0 Å². The predicted molar refractivity (Wildman–Crippen MR) is 101 cm³/mol. The minimum Gasteiger partial charge on any atom is -0.452 e. The third-order valence-corrected chi connectivity index (χ3v) is 4.37. The number of ketones is 1. The van der Waals surface area contributed by atoms with Crippen molar-refractivity contribution in [1.29, 1.82) is 0 Å². The van der Waals surface area contributed by atoms with Crippen molar-refractivity contribution in [3.8, 4) is 0 Å². The summed E-state index contributed by atoms with van der Waals surface area (Å²) in [6.07, 6.45) is -0.890. The van der Waals surface area contributed by atoms with Crippen LogP contribution in [0.4, 0.5) is 0 Å². The molecule has 3 rings (SSSR count). The summed E-state index contributed by atoms with van der Waals surface area (Å²) in [7, 11) is 0. The molecule has 0 aliphatic rings. The summed E-state index contributed by atoms with van der Waals surface area (Å²) < 4.78 is 5.64. The van der Waals surface area contributed by atoms with Gasteiger partial charge in [0, 0.05) is 5.56 Å². The van der Waals surface area contributed by atoms with Gasteiger partial charge in [-0.1, -0.05) is 78.9 Å². The summed E-state index contributed by atoms with van der Waals surface area (Å²) in [5, 5.41) is -1.03. The van der Waals surface area contributed by atoms with Crippen LogP contribution < -0.4 is 0 Å². The van der Waals surface area contributed by atoms with E-state index < -0.39 is 17.5 Å². The first-order chi connectivity index (χ1) is 12.7. The third-order valence-electron chi connectivity index (χ3n) is 3.95. The molecule has 0 N–H and O–H groups in total. The molecule has 4 heteroatoms. The predicted octanol–water partition coefficient (Wildman–Crippen LogP) is 5.08. The Morgan fingerprint density at radius 1 is 0.692 bits per heavy atom. The summed E-state index contributed by atoms with van der Waals surface area (Å²) in [6.45, 7) is 0. The molecule has 3 aromatic carbocycles. The molecule has 3 nitrogen and oxygen atoms in total. The molecule has 0 aliphatic carbocycles. The van der Waals surface area contributed by atoms with Crippen molar-refractivity contribution in [3.63, 3.8) is 0 Å². The van der Waals surface area contributed by atoms with E-state index in [0.717, 1.165) is 0 Å². The van der Waals surface area contributed by atoms with Gasteiger partial charge in [-0.05, 0) is 17.7 Å². The Kier molecular flexibility index (Phi) is 5.82. The number of halogens is 1. The average Bonchev–Trinajstić information content (AvgIpc) is 2.72. The number of Topliss-reactive ketones (excluding diaryl/α,β-unsaturated/α-hetero) is 1. The van der Waals surface area contributed by atoms with E-state index in [1.807, 2.05) is 30.3 Å². The van der Waals surface area contributed by atoms with Crippen LogP contribution in [-0.4, -0.2) is 17.1 Å². The van der Waals surface area contributed by atoms with Crippen LogP contribution in [0.3, 0.4) is 0 Å². The van der Waals surface area contributed by atoms with Crippen molar-refractivity contribution in [1.82, 2.24) is 0 Å². The van der Waals surface area contributed by atoms with E-state index in [1.54, 1.807) is 60.7 Å². The monoisotopic (exact) mass is 364 g/mol. The Balaban J connectivity index is 1.89. The molecule has 2 atom stereocenters. The van der Waals surface area contributed by atoms with Gasteiger partial charge < -0.3 is 4.74 Å². The minimum atomic E-state index is -1.03. The van der Waals surface area contributed by atoms with Gasteiger partial charge in [-0.2, -0.15) is 0 Å². The number of benzene rings is 3. The van der Waals surface area contributed by atoms with Crippen LogP contribution in [0.15, 0.2) is 91.0 Å². The van der Waals surface area contributed by atoms with Crippen LogP contribution in [0, 0.1) is 0 Å². The standard InChI is InChI=1S/C22H17ClO3/c23-19(20(24)16-10-4-1-5-11-16)21(17-12-6-2-7-13-17)26-22(25)18-14-8-3-9-15-18/h1-15,19,21H. The van der Waals surface area contributed by atoms with E-state index in [1.165, 1.54) is 0 Å². The first kappa shape index (κ1) is 17.9. The highest BCUT2D eigenvalue weighted by Gasteiger charge is 2.32. The Morgan fingerprint density at radius 3 is 1.69 bits per heavy atom. The Labute approximate surface area is 157 Å². The van der Waals surface area contributed by atoms with Crippen molar-refractivity contribution in [3.05, 3.63) is 108 Å². The number of alkyl halides is 1. The number of ether oxygens (including phenoxy) is 1. The molecule has 0 saturated heterocycles. The summed E-state index contributed by atoms with van der Waals surface area (Å²) in [5.74, 6) is -0.812. The maximum atomic E-state index is 12.8. The summed E-state index contributed by atoms with van der Waals surface area (Å²) in [5.41, 5.74) is 1.55. The third kappa shape index (κ3) is 4.19. The normalized spacial score (nSPS) is 12.8. The van der Waals surface area contributed by atoms with Crippen LogP contribution in [0.25, 0.3) is 0 Å². The topological polar surface area (TPSA) is 43.4 Å². The van der Waals surface area contributed by atoms with Gasteiger partial charge in [-0.3, -0.25) is 4.79 Å². The maximum Gasteiger partial charge on any atom is 0.338 e. The quantitative estimate of drug-likeness (QED) is 0.348. The fourth-order valence-corrected chi connectivity index (χ4v) is 2.92. The largest absolute Gasteiger partial charge is 0.452 e. The number of carbonyl (C=O) groups excluding carboxylic acids is 2. The SMILES string of the molecule is O=C(OC(c1ccccc1)C(Cl)C(=O)c1ccccc1)c1ccccc1. The van der Waals surface area contributed by atoms with Crippen molar-refractivity contribution >= 4 is 23.4 Å². The molecule has 3 aromatic rings. The van der Waals surface area contributed by atoms with Gasteiger partial charge in [0.05, 0.1) is 5.56 Å². The lowest BCUT2D eigenvalue weighted by Crippen LogP contribution is -2.27. The van der Waals surface area contributed by atoms with Crippen molar-refractivity contribution in [2.24, 2.45) is 0 Å². The fraction of sp³-hybridized carbons (Fsp3) is 0.0909. The Bertz CT molecular complexity index is 864. The van der Waals surface area contributed by atoms with Gasteiger partial charge in [0.15, 0.2) is 11.9 Å². The molecule has 0 fully saturated rings. The van der Waals surface area contributed by atoms with E-state index in [9.17, 15) is 9.59 Å². The molecular formula is C22H17ClO3. The molecule has 0 spiro atoms. The van der Waals surface area contributed by atoms with Gasteiger partial charge >= 0.3 is 5.97 Å². The highest BCUT2D eigenvalue weighted by atomic mass is 35.5. The van der Waals surface area contributed by atoms with Crippen LogP contribution in [0.5, 0.6) is 0 Å². The van der Waals surface area contributed by atoms with Crippen LogP contribution in [0.2, 0.25) is 0 Å². The fourth-order valence-electron chi connectivity index (χ4n) is 2.60. The molecule has 0 aliphatic heterocycles. The molecule has 0 bridgehead atoms. The molecule has 0 aromatic heterocycles. The number of carbonyl (C=O) groups is 2. The molecular weight excluding hydrogens is 348 g/mol. The smallest absolute Gasteiger partial charge is 0.338 e. The number of esters is 1. The van der Waals surface area contributed by atoms with E-state index in [0.29, 0.717) is 16.7 Å². The van der Waals surface area contributed by atoms with Gasteiger partial charge in [0.2, 0.25) is 0 Å². The van der Waals surface area contributed by atoms with Gasteiger partial charge in [0.1, 0.15) is 5.38 Å². The molecule has 0 saturated carbocycles. The lowest BCUT2D eigenvalue weighted by Gasteiger charge is -2.22. The van der Waals surface area contributed by atoms with Gasteiger partial charge in [-0.25, -0.2) is 4.79 Å².